The van der Waals surface area contributed by atoms with Crippen LogP contribution in [0.3, 0.4) is 0 Å². The highest BCUT2D eigenvalue weighted by Gasteiger charge is 2.10. The zero-order valence-electron chi connectivity index (χ0n) is 10.3. The highest BCUT2D eigenvalue weighted by atomic mass is 19.1. The van der Waals surface area contributed by atoms with E-state index in [-0.39, 0.29) is 18.1 Å². The van der Waals surface area contributed by atoms with Crippen LogP contribution in [-0.2, 0) is 0 Å². The summed E-state index contributed by atoms with van der Waals surface area (Å²) in [5, 5.41) is 0. The van der Waals surface area contributed by atoms with Crippen LogP contribution >= 0.6 is 0 Å². The third-order valence-corrected chi connectivity index (χ3v) is 2.65. The second-order valence-corrected chi connectivity index (χ2v) is 4.13. The predicted molar refractivity (Wildman–Crippen MR) is 67.4 cm³/mol. The smallest absolute Gasteiger partial charge is 0.200 e. The fourth-order valence-electron chi connectivity index (χ4n) is 1.72. The molecule has 0 amide bonds. The van der Waals surface area contributed by atoms with Gasteiger partial charge in [0.05, 0.1) is 0 Å². The van der Waals surface area contributed by atoms with Gasteiger partial charge in [0.2, 0.25) is 0 Å². The molecule has 0 atom stereocenters. The van der Waals surface area contributed by atoms with E-state index in [9.17, 15) is 13.6 Å². The summed E-state index contributed by atoms with van der Waals surface area (Å²) in [4.78, 5) is 11.9. The van der Waals surface area contributed by atoms with Crippen LogP contribution in [0.1, 0.15) is 15.9 Å². The van der Waals surface area contributed by atoms with E-state index in [1.807, 2.05) is 19.1 Å². The summed E-state index contributed by atoms with van der Waals surface area (Å²) in [5.74, 6) is -1.71. The van der Waals surface area contributed by atoms with Gasteiger partial charge >= 0.3 is 0 Å². The second kappa shape index (κ2) is 5.61. The van der Waals surface area contributed by atoms with Crippen LogP contribution in [0.4, 0.5) is 8.78 Å². The van der Waals surface area contributed by atoms with Gasteiger partial charge in [0, 0.05) is 23.8 Å². The number of benzene rings is 2. The van der Waals surface area contributed by atoms with Gasteiger partial charge in [-0.15, -0.1) is 0 Å². The summed E-state index contributed by atoms with van der Waals surface area (Å²) in [5.41, 5.74) is 1.38. The quantitative estimate of drug-likeness (QED) is 0.788. The Morgan fingerprint density at radius 1 is 1.11 bits per heavy atom. The molecule has 0 spiro atoms. The number of rotatable bonds is 4. The lowest BCUT2D eigenvalue weighted by Gasteiger charge is -2.07. The lowest BCUT2D eigenvalue weighted by molar-refractivity contribution is 0.0920. The van der Waals surface area contributed by atoms with E-state index in [2.05, 4.69) is 0 Å². The van der Waals surface area contributed by atoms with Gasteiger partial charge in [-0.3, -0.25) is 4.79 Å². The Kier molecular flexibility index (Phi) is 3.90. The molecule has 0 unspecified atom stereocenters. The van der Waals surface area contributed by atoms with E-state index >= 15 is 0 Å². The van der Waals surface area contributed by atoms with Gasteiger partial charge < -0.3 is 4.74 Å². The Labute approximate surface area is 109 Å². The number of carbonyl (C=O) groups excluding carboxylic acids is 1. The standard InChI is InChI=1S/C15H12F2O2/c1-10-4-2-3-5-14(10)15(18)9-19-13-7-11(16)6-12(17)8-13/h2-8H,9H2,1H3. The molecule has 2 rings (SSSR count). The number of hydrogen-bond donors (Lipinski definition) is 0. The van der Waals surface area contributed by atoms with Crippen LogP contribution in [0.5, 0.6) is 5.75 Å². The van der Waals surface area contributed by atoms with Gasteiger partial charge in [-0.1, -0.05) is 24.3 Å². The van der Waals surface area contributed by atoms with Crippen molar-refractivity contribution in [2.45, 2.75) is 6.92 Å². The SMILES string of the molecule is Cc1ccccc1C(=O)COc1cc(F)cc(F)c1. The molecule has 0 heterocycles. The summed E-state index contributed by atoms with van der Waals surface area (Å²) >= 11 is 0. The number of aryl methyl sites for hydroxylation is 1. The number of halogens is 2. The van der Waals surface area contributed by atoms with Crippen LogP contribution in [0.25, 0.3) is 0 Å². The highest BCUT2D eigenvalue weighted by molar-refractivity contribution is 5.98. The lowest BCUT2D eigenvalue weighted by atomic mass is 10.1. The molecular formula is C15H12F2O2. The van der Waals surface area contributed by atoms with E-state index in [0.717, 1.165) is 23.8 Å². The Balaban J connectivity index is 2.07. The first-order valence-electron chi connectivity index (χ1n) is 5.74. The lowest BCUT2D eigenvalue weighted by Crippen LogP contribution is -2.13. The maximum Gasteiger partial charge on any atom is 0.200 e. The van der Waals surface area contributed by atoms with Gasteiger partial charge in [-0.25, -0.2) is 8.78 Å². The topological polar surface area (TPSA) is 26.3 Å². The maximum atomic E-state index is 12.9. The van der Waals surface area contributed by atoms with Gasteiger partial charge in [-0.2, -0.15) is 0 Å². The van der Waals surface area contributed by atoms with E-state index in [0.29, 0.717) is 5.56 Å². The first-order valence-corrected chi connectivity index (χ1v) is 5.74. The monoisotopic (exact) mass is 262 g/mol. The highest BCUT2D eigenvalue weighted by Crippen LogP contribution is 2.16. The third kappa shape index (κ3) is 3.37. The van der Waals surface area contributed by atoms with Crippen molar-refractivity contribution in [1.29, 1.82) is 0 Å². The van der Waals surface area contributed by atoms with Crippen LogP contribution < -0.4 is 4.74 Å². The van der Waals surface area contributed by atoms with Crippen molar-refractivity contribution >= 4 is 5.78 Å². The van der Waals surface area contributed by atoms with Crippen LogP contribution in [0.2, 0.25) is 0 Å². The molecular weight excluding hydrogens is 250 g/mol. The van der Waals surface area contributed by atoms with E-state index < -0.39 is 11.6 Å². The zero-order chi connectivity index (χ0) is 13.8. The van der Waals surface area contributed by atoms with Crippen LogP contribution in [-0.4, -0.2) is 12.4 Å². The minimum absolute atomic E-state index is 0.000524. The van der Waals surface area contributed by atoms with E-state index in [1.165, 1.54) is 0 Å². The molecule has 0 aromatic heterocycles. The average molecular weight is 262 g/mol. The molecule has 0 aliphatic carbocycles. The molecule has 0 radical (unpaired) electrons. The molecule has 0 aliphatic rings. The Morgan fingerprint density at radius 2 is 1.74 bits per heavy atom. The molecule has 2 nitrogen and oxygen atoms in total. The Hall–Kier alpha value is -2.23. The Bertz CT molecular complexity index is 589. The van der Waals surface area contributed by atoms with Crippen molar-refractivity contribution in [2.24, 2.45) is 0 Å². The third-order valence-electron chi connectivity index (χ3n) is 2.65. The minimum Gasteiger partial charge on any atom is -0.485 e. The van der Waals surface area contributed by atoms with Crippen molar-refractivity contribution in [1.82, 2.24) is 0 Å². The molecule has 2 aromatic carbocycles. The number of ether oxygens (including phenoxy) is 1. The van der Waals surface area contributed by atoms with E-state index in [1.54, 1.807) is 12.1 Å². The summed E-state index contributed by atoms with van der Waals surface area (Å²) in [6, 6.07) is 9.90. The van der Waals surface area contributed by atoms with Crippen molar-refractivity contribution in [3.8, 4) is 5.75 Å². The van der Waals surface area contributed by atoms with Crippen LogP contribution in [0.15, 0.2) is 42.5 Å². The molecule has 0 aliphatic heterocycles. The molecule has 2 aromatic rings. The predicted octanol–water partition coefficient (Wildman–Crippen LogP) is 3.53. The fraction of sp³-hybridized carbons (Fsp3) is 0.133. The Morgan fingerprint density at radius 3 is 2.37 bits per heavy atom. The zero-order valence-corrected chi connectivity index (χ0v) is 10.3. The van der Waals surface area contributed by atoms with Crippen molar-refractivity contribution in [3.63, 3.8) is 0 Å². The number of ketones is 1. The molecule has 98 valence electrons. The van der Waals surface area contributed by atoms with Crippen molar-refractivity contribution in [3.05, 3.63) is 65.2 Å². The molecule has 4 heteroatoms. The van der Waals surface area contributed by atoms with Gasteiger partial charge in [0.1, 0.15) is 17.4 Å². The second-order valence-electron chi connectivity index (χ2n) is 4.13. The summed E-state index contributed by atoms with van der Waals surface area (Å²) in [6.45, 7) is 1.56. The van der Waals surface area contributed by atoms with Crippen LogP contribution in [0, 0.1) is 18.6 Å². The van der Waals surface area contributed by atoms with Gasteiger partial charge in [-0.05, 0) is 12.5 Å². The number of hydrogen-bond acceptors (Lipinski definition) is 2. The number of carbonyl (C=O) groups is 1. The molecule has 0 saturated heterocycles. The molecule has 19 heavy (non-hydrogen) atoms. The fourth-order valence-corrected chi connectivity index (χ4v) is 1.72. The van der Waals surface area contributed by atoms with Crippen molar-refractivity contribution < 1.29 is 18.3 Å². The van der Waals surface area contributed by atoms with Gasteiger partial charge in [0.15, 0.2) is 12.4 Å². The summed E-state index contributed by atoms with van der Waals surface area (Å²) in [7, 11) is 0. The molecule has 0 N–H and O–H groups in total. The normalized spacial score (nSPS) is 10.3. The number of Topliss-reactive ketones (excluding diaryl/α,β-unsaturated/α-hetero) is 1. The molecule has 0 saturated carbocycles. The van der Waals surface area contributed by atoms with Crippen molar-refractivity contribution in [2.75, 3.05) is 6.61 Å². The molecule has 0 bridgehead atoms. The van der Waals surface area contributed by atoms with Gasteiger partial charge in [0.25, 0.3) is 0 Å². The average Bonchev–Trinajstić information content (AvgIpc) is 2.35. The minimum atomic E-state index is -0.738. The largest absolute Gasteiger partial charge is 0.485 e. The molecule has 0 fully saturated rings. The van der Waals surface area contributed by atoms with E-state index in [4.69, 9.17) is 4.74 Å². The summed E-state index contributed by atoms with van der Waals surface area (Å²) < 4.78 is 31.0. The summed E-state index contributed by atoms with van der Waals surface area (Å²) in [6.07, 6.45) is 0. The first-order chi connectivity index (χ1) is 9.06. The first kappa shape index (κ1) is 13.2. The maximum absolute atomic E-state index is 12.9.